The van der Waals surface area contributed by atoms with Gasteiger partial charge in [0.1, 0.15) is 0 Å². The third kappa shape index (κ3) is 2.53. The van der Waals surface area contributed by atoms with Crippen LogP contribution in [0, 0.1) is 11.8 Å². The van der Waals surface area contributed by atoms with Crippen molar-refractivity contribution < 1.29 is 22.4 Å². The second-order valence-corrected chi connectivity index (χ2v) is 1.95. The molecule has 0 aliphatic rings. The lowest BCUT2D eigenvalue weighted by molar-refractivity contribution is -0.165. The molecule has 12 heavy (non-hydrogen) atoms. The summed E-state index contributed by atoms with van der Waals surface area (Å²) in [7, 11) is 0. The van der Waals surface area contributed by atoms with E-state index in [0.717, 1.165) is 0 Å². The monoisotopic (exact) mass is 182 g/mol. The van der Waals surface area contributed by atoms with Crippen LogP contribution in [-0.2, 0) is 4.79 Å². The van der Waals surface area contributed by atoms with E-state index in [-0.39, 0.29) is 0 Å². The third-order valence-electron chi connectivity index (χ3n) is 1.07. The first-order valence-electron chi connectivity index (χ1n) is 3.01. The summed E-state index contributed by atoms with van der Waals surface area (Å²) in [5.41, 5.74) is 0. The first kappa shape index (κ1) is 11.0. The van der Waals surface area contributed by atoms with Gasteiger partial charge in [-0.1, -0.05) is 5.92 Å². The van der Waals surface area contributed by atoms with Crippen molar-refractivity contribution in [3.05, 3.63) is 0 Å². The molecule has 0 atom stereocenters. The lowest BCUT2D eigenvalue weighted by Gasteiger charge is -2.11. The fourth-order valence-electron chi connectivity index (χ4n) is 0.408. The first-order chi connectivity index (χ1) is 5.42. The van der Waals surface area contributed by atoms with Crippen molar-refractivity contribution in [1.82, 2.24) is 0 Å². The molecule has 0 heterocycles. The van der Waals surface area contributed by atoms with Crippen LogP contribution in [0.1, 0.15) is 13.3 Å². The van der Waals surface area contributed by atoms with E-state index in [0.29, 0.717) is 0 Å². The van der Waals surface area contributed by atoms with Gasteiger partial charge < -0.3 is 0 Å². The predicted molar refractivity (Wildman–Crippen MR) is 34.0 cm³/mol. The molecule has 0 aliphatic carbocycles. The van der Waals surface area contributed by atoms with Gasteiger partial charge in [-0.25, -0.2) is 8.78 Å². The van der Waals surface area contributed by atoms with E-state index in [1.807, 2.05) is 5.92 Å². The van der Waals surface area contributed by atoms with E-state index in [1.165, 1.54) is 6.92 Å². The highest BCUT2D eigenvalue weighted by atomic mass is 19.3. The van der Waals surface area contributed by atoms with Crippen molar-refractivity contribution in [3.63, 3.8) is 0 Å². The number of hydrogen-bond donors (Lipinski definition) is 0. The maximum atomic E-state index is 12.1. The Hall–Kier alpha value is -1.05. The van der Waals surface area contributed by atoms with E-state index in [4.69, 9.17) is 0 Å². The Morgan fingerprint density at radius 3 is 2.33 bits per heavy atom. The SMILES string of the molecule is CC#CCC(=O)C(F)(F)C(F)F. The molecule has 0 rings (SSSR count). The molecule has 0 aromatic rings. The minimum absolute atomic E-state index is 0.839. The highest BCUT2D eigenvalue weighted by Crippen LogP contribution is 2.24. The van der Waals surface area contributed by atoms with Gasteiger partial charge in [0.15, 0.2) is 0 Å². The normalized spacial score (nSPS) is 10.8. The van der Waals surface area contributed by atoms with Gasteiger partial charge in [-0.05, 0) is 6.92 Å². The summed E-state index contributed by atoms with van der Waals surface area (Å²) in [6, 6.07) is 0. The topological polar surface area (TPSA) is 17.1 Å². The molecule has 0 aromatic carbocycles. The molecule has 0 radical (unpaired) electrons. The fraction of sp³-hybridized carbons (Fsp3) is 0.571. The van der Waals surface area contributed by atoms with Gasteiger partial charge in [0, 0.05) is 0 Å². The summed E-state index contributed by atoms with van der Waals surface area (Å²) in [4.78, 5) is 10.3. The Morgan fingerprint density at radius 1 is 1.50 bits per heavy atom. The molecule has 0 fully saturated rings. The summed E-state index contributed by atoms with van der Waals surface area (Å²) in [6.07, 6.45) is -4.79. The quantitative estimate of drug-likeness (QED) is 0.481. The minimum atomic E-state index is -4.57. The van der Waals surface area contributed by atoms with Gasteiger partial charge in [-0.3, -0.25) is 4.79 Å². The number of Topliss-reactive ketones (excluding diaryl/α,β-unsaturated/α-hetero) is 1. The highest BCUT2D eigenvalue weighted by molar-refractivity contribution is 5.87. The van der Waals surface area contributed by atoms with Crippen LogP contribution in [0.3, 0.4) is 0 Å². The zero-order valence-corrected chi connectivity index (χ0v) is 6.20. The largest absolute Gasteiger partial charge is 0.365 e. The Morgan fingerprint density at radius 2 is 2.00 bits per heavy atom. The van der Waals surface area contributed by atoms with Crippen molar-refractivity contribution in [2.75, 3.05) is 0 Å². The predicted octanol–water partition coefficient (Wildman–Crippen LogP) is 1.87. The number of halogens is 4. The van der Waals surface area contributed by atoms with Gasteiger partial charge in [0.25, 0.3) is 0 Å². The molecule has 0 aliphatic heterocycles. The molecule has 0 bridgehead atoms. The molecule has 0 saturated heterocycles. The molecule has 0 unspecified atom stereocenters. The van der Waals surface area contributed by atoms with Gasteiger partial charge in [-0.2, -0.15) is 8.78 Å². The van der Waals surface area contributed by atoms with Crippen molar-refractivity contribution in [2.24, 2.45) is 0 Å². The average molecular weight is 182 g/mol. The molecule has 0 amide bonds. The van der Waals surface area contributed by atoms with Gasteiger partial charge in [-0.15, -0.1) is 5.92 Å². The average Bonchev–Trinajstić information content (AvgIpc) is 1.99. The van der Waals surface area contributed by atoms with Crippen LogP contribution in [0.2, 0.25) is 0 Å². The van der Waals surface area contributed by atoms with Gasteiger partial charge >= 0.3 is 12.3 Å². The smallest absolute Gasteiger partial charge is 0.292 e. The molecule has 1 nitrogen and oxygen atoms in total. The van der Waals surface area contributed by atoms with Crippen molar-refractivity contribution in [3.8, 4) is 11.8 Å². The van der Waals surface area contributed by atoms with Crippen LogP contribution >= 0.6 is 0 Å². The molecule has 0 saturated carbocycles. The summed E-state index contributed by atoms with van der Waals surface area (Å²) in [5.74, 6) is -2.25. The van der Waals surface area contributed by atoms with Crippen LogP contribution in [0.4, 0.5) is 17.6 Å². The lowest BCUT2D eigenvalue weighted by Crippen LogP contribution is -2.36. The zero-order valence-electron chi connectivity index (χ0n) is 6.20. The molecule has 0 aromatic heterocycles. The number of rotatable bonds is 3. The number of carbonyl (C=O) groups is 1. The van der Waals surface area contributed by atoms with Crippen LogP contribution in [0.15, 0.2) is 0 Å². The Balaban J connectivity index is 4.32. The van der Waals surface area contributed by atoms with Crippen molar-refractivity contribution in [2.45, 2.75) is 25.7 Å². The fourth-order valence-corrected chi connectivity index (χ4v) is 0.408. The van der Waals surface area contributed by atoms with Crippen LogP contribution in [-0.4, -0.2) is 18.1 Å². The number of alkyl halides is 4. The molecule has 0 N–H and O–H groups in total. The summed E-state index contributed by atoms with van der Waals surface area (Å²) >= 11 is 0. The summed E-state index contributed by atoms with van der Waals surface area (Å²) in [5, 5.41) is 0. The first-order valence-corrected chi connectivity index (χ1v) is 3.01. The zero-order chi connectivity index (χ0) is 9.78. The maximum absolute atomic E-state index is 12.1. The standard InChI is InChI=1S/C7H6F4O/c1-2-3-4-5(12)7(10,11)6(8)9/h6H,4H2,1H3. The highest BCUT2D eigenvalue weighted by Gasteiger charge is 2.47. The van der Waals surface area contributed by atoms with Crippen LogP contribution in [0.25, 0.3) is 0 Å². The maximum Gasteiger partial charge on any atom is 0.365 e. The molecule has 5 heteroatoms. The lowest BCUT2D eigenvalue weighted by atomic mass is 10.1. The molecular weight excluding hydrogens is 176 g/mol. The Kier molecular flexibility index (Phi) is 3.74. The second kappa shape index (κ2) is 4.10. The molecule has 68 valence electrons. The van der Waals surface area contributed by atoms with E-state index in [1.54, 1.807) is 0 Å². The summed E-state index contributed by atoms with van der Waals surface area (Å²) in [6.45, 7) is 1.33. The number of hydrogen-bond acceptors (Lipinski definition) is 1. The molecular formula is C7H6F4O. The Bertz CT molecular complexity index is 223. The number of ketones is 1. The minimum Gasteiger partial charge on any atom is -0.292 e. The number of carbonyl (C=O) groups excluding carboxylic acids is 1. The second-order valence-electron chi connectivity index (χ2n) is 1.95. The van der Waals surface area contributed by atoms with Gasteiger partial charge in [0.05, 0.1) is 6.42 Å². The Labute approximate surface area is 66.8 Å². The summed E-state index contributed by atoms with van der Waals surface area (Å²) < 4.78 is 47.1. The molecule has 0 spiro atoms. The van der Waals surface area contributed by atoms with Gasteiger partial charge in [0.2, 0.25) is 5.78 Å². The van der Waals surface area contributed by atoms with E-state index in [2.05, 4.69) is 5.92 Å². The van der Waals surface area contributed by atoms with E-state index in [9.17, 15) is 22.4 Å². The van der Waals surface area contributed by atoms with Crippen molar-refractivity contribution >= 4 is 5.78 Å². The third-order valence-corrected chi connectivity index (χ3v) is 1.07. The van der Waals surface area contributed by atoms with Crippen LogP contribution < -0.4 is 0 Å². The van der Waals surface area contributed by atoms with Crippen LogP contribution in [0.5, 0.6) is 0 Å². The van der Waals surface area contributed by atoms with E-state index >= 15 is 0 Å². The van der Waals surface area contributed by atoms with E-state index < -0.39 is 24.6 Å². The van der Waals surface area contributed by atoms with Crippen molar-refractivity contribution in [1.29, 1.82) is 0 Å².